The molecule has 0 aliphatic carbocycles. The van der Waals surface area contributed by atoms with Gasteiger partial charge in [-0.05, 0) is 31.4 Å². The minimum atomic E-state index is -0.383. The molecule has 1 rings (SSSR count). The smallest absolute Gasteiger partial charge is 0.253 e. The summed E-state index contributed by atoms with van der Waals surface area (Å²) in [5, 5.41) is 5.18. The van der Waals surface area contributed by atoms with Crippen molar-refractivity contribution in [3.8, 4) is 0 Å². The highest BCUT2D eigenvalue weighted by atomic mass is 35.5. The average molecular weight is 309 g/mol. The lowest BCUT2D eigenvalue weighted by Crippen LogP contribution is -2.37. The van der Waals surface area contributed by atoms with Crippen LogP contribution in [-0.2, 0) is 4.79 Å². The summed E-state index contributed by atoms with van der Waals surface area (Å²) in [4.78, 5) is 22.8. The minimum Gasteiger partial charge on any atom is -0.364 e. The van der Waals surface area contributed by atoms with Crippen molar-refractivity contribution >= 4 is 31.3 Å². The lowest BCUT2D eigenvalue weighted by molar-refractivity contribution is -0.119. The van der Waals surface area contributed by atoms with E-state index in [1.165, 1.54) is 0 Å². The van der Waals surface area contributed by atoms with E-state index in [1.807, 2.05) is 6.92 Å². The van der Waals surface area contributed by atoms with Crippen LogP contribution in [0, 0.1) is 12.8 Å². The van der Waals surface area contributed by atoms with Gasteiger partial charge in [0.15, 0.2) is 0 Å². The van der Waals surface area contributed by atoms with Crippen LogP contribution < -0.4 is 10.6 Å². The first-order chi connectivity index (χ1) is 9.77. The topological polar surface area (TPSA) is 58.2 Å². The van der Waals surface area contributed by atoms with E-state index in [1.54, 1.807) is 18.2 Å². The lowest BCUT2D eigenvalue weighted by Gasteiger charge is -2.07. The monoisotopic (exact) mass is 308 g/mol. The van der Waals surface area contributed by atoms with Gasteiger partial charge in [0.25, 0.3) is 5.91 Å². The van der Waals surface area contributed by atoms with Gasteiger partial charge in [0, 0.05) is 0 Å². The first-order valence-corrected chi connectivity index (χ1v) is 7.16. The molecule has 2 radical (unpaired) electrons. The van der Waals surface area contributed by atoms with Crippen molar-refractivity contribution in [3.63, 3.8) is 0 Å². The maximum Gasteiger partial charge on any atom is 0.253 e. The first kappa shape index (κ1) is 19.5. The molecule has 114 valence electrons. The fourth-order valence-electron chi connectivity index (χ4n) is 1.25. The second-order valence-corrected chi connectivity index (χ2v) is 5.61. The normalized spacial score (nSPS) is 9.62. The fourth-order valence-corrected chi connectivity index (χ4v) is 1.45. The van der Waals surface area contributed by atoms with Crippen LogP contribution in [0.2, 0.25) is 5.02 Å². The summed E-state index contributed by atoms with van der Waals surface area (Å²) in [6.07, 6.45) is 0.0416. The quantitative estimate of drug-likeness (QED) is 0.838. The molecule has 0 unspecified atom stereocenters. The number of hydrogen-bond donors (Lipinski definition) is 2. The van der Waals surface area contributed by atoms with Crippen LogP contribution in [-0.4, -0.2) is 32.6 Å². The summed E-state index contributed by atoms with van der Waals surface area (Å²) in [6.45, 7) is 8.23. The molecule has 0 aliphatic rings. The predicted molar refractivity (Wildman–Crippen MR) is 87.8 cm³/mol. The highest BCUT2D eigenvalue weighted by molar-refractivity contribution is 6.33. The summed E-state index contributed by atoms with van der Waals surface area (Å²) in [6, 6.07) is 5.12. The molecular formula is C15H22BClN2O2. The summed E-state index contributed by atoms with van der Waals surface area (Å²) < 4.78 is 0. The van der Waals surface area contributed by atoms with Gasteiger partial charge in [0.05, 0.1) is 25.0 Å². The van der Waals surface area contributed by atoms with E-state index in [4.69, 9.17) is 19.4 Å². The van der Waals surface area contributed by atoms with Gasteiger partial charge < -0.3 is 10.6 Å². The molecule has 4 nitrogen and oxygen atoms in total. The maximum absolute atomic E-state index is 11.7. The van der Waals surface area contributed by atoms with Crippen molar-refractivity contribution in [1.82, 2.24) is 10.6 Å². The van der Waals surface area contributed by atoms with E-state index in [9.17, 15) is 9.59 Å². The first-order valence-electron chi connectivity index (χ1n) is 6.79. The number of carbonyl (C=O) groups is 2. The molecule has 1 aromatic rings. The van der Waals surface area contributed by atoms with Gasteiger partial charge >= 0.3 is 0 Å². The van der Waals surface area contributed by atoms with E-state index in [-0.39, 0.29) is 24.8 Å². The summed E-state index contributed by atoms with van der Waals surface area (Å²) >= 11 is 5.89. The number of rotatable bonds is 4. The van der Waals surface area contributed by atoms with Crippen molar-refractivity contribution in [2.24, 2.45) is 5.92 Å². The van der Waals surface area contributed by atoms with Crippen LogP contribution in [0.15, 0.2) is 18.2 Å². The number of amides is 2. The Hall–Kier alpha value is -1.49. The van der Waals surface area contributed by atoms with Gasteiger partial charge in [-0.1, -0.05) is 44.0 Å². The number of aryl methyl sites for hydroxylation is 1. The molecule has 0 saturated heterocycles. The maximum atomic E-state index is 11.7. The number of carbonyl (C=O) groups excluding carboxylic acids is 2. The Morgan fingerprint density at radius 3 is 2.33 bits per heavy atom. The van der Waals surface area contributed by atoms with E-state index >= 15 is 0 Å². The Labute approximate surface area is 133 Å². The van der Waals surface area contributed by atoms with Gasteiger partial charge in [-0.2, -0.15) is 0 Å². The van der Waals surface area contributed by atoms with E-state index < -0.39 is 0 Å². The van der Waals surface area contributed by atoms with Crippen molar-refractivity contribution in [2.75, 3.05) is 13.0 Å². The molecule has 0 aliphatic heterocycles. The Morgan fingerprint density at radius 1 is 1.24 bits per heavy atom. The highest BCUT2D eigenvalue weighted by Gasteiger charge is 2.11. The Balaban J connectivity index is 0.000000885. The van der Waals surface area contributed by atoms with Crippen molar-refractivity contribution in [1.29, 1.82) is 0 Å². The third kappa shape index (κ3) is 9.13. The van der Waals surface area contributed by atoms with Gasteiger partial charge in [0.1, 0.15) is 0 Å². The summed E-state index contributed by atoms with van der Waals surface area (Å²) in [5.41, 5.74) is 1.28. The van der Waals surface area contributed by atoms with Gasteiger partial charge in [-0.15, -0.1) is 0 Å². The van der Waals surface area contributed by atoms with Gasteiger partial charge in [-0.3, -0.25) is 9.59 Å². The van der Waals surface area contributed by atoms with E-state index in [2.05, 4.69) is 31.4 Å². The minimum absolute atomic E-state index is 0.0416. The lowest BCUT2D eigenvalue weighted by atomic mass is 10.1. The van der Waals surface area contributed by atoms with Crippen LogP contribution in [0.5, 0.6) is 0 Å². The van der Waals surface area contributed by atoms with Crippen LogP contribution in [0.4, 0.5) is 0 Å². The molecule has 0 atom stereocenters. The SMILES string of the molecule is CC(C)C.[B]CNC(=O)CNC(=O)c1cc(C)ccc1Cl. The molecule has 6 heteroatoms. The molecule has 0 aromatic heterocycles. The average Bonchev–Trinajstić information content (AvgIpc) is 2.38. The second kappa shape index (κ2) is 10.3. The van der Waals surface area contributed by atoms with E-state index in [0.29, 0.717) is 10.6 Å². The molecule has 0 saturated carbocycles. The Kier molecular flexibility index (Phi) is 9.55. The zero-order valence-corrected chi connectivity index (χ0v) is 13.8. The Bertz CT molecular complexity index is 476. The molecule has 2 N–H and O–H groups in total. The highest BCUT2D eigenvalue weighted by Crippen LogP contribution is 2.16. The van der Waals surface area contributed by atoms with Crippen molar-refractivity contribution < 1.29 is 9.59 Å². The summed E-state index contributed by atoms with van der Waals surface area (Å²) in [5.74, 6) is 0.107. The fraction of sp³-hybridized carbons (Fsp3) is 0.467. The van der Waals surface area contributed by atoms with E-state index in [0.717, 1.165) is 11.5 Å². The molecular weight excluding hydrogens is 286 g/mol. The largest absolute Gasteiger partial charge is 0.364 e. The van der Waals surface area contributed by atoms with Crippen molar-refractivity contribution in [3.05, 3.63) is 34.3 Å². The molecule has 0 fully saturated rings. The molecule has 21 heavy (non-hydrogen) atoms. The van der Waals surface area contributed by atoms with Crippen LogP contribution in [0.1, 0.15) is 36.7 Å². The van der Waals surface area contributed by atoms with Crippen LogP contribution in [0.25, 0.3) is 0 Å². The standard InChI is InChI=1S/C11H12BClN2O2.C4H10/c1-7-2-3-9(13)8(4-7)11(17)14-5-10(16)15-6-12;1-4(2)3/h2-4H,5-6H2,1H3,(H,14,17)(H,15,16);4H,1-3H3. The summed E-state index contributed by atoms with van der Waals surface area (Å²) in [7, 11) is 5.13. The second-order valence-electron chi connectivity index (χ2n) is 5.20. The molecule has 2 amide bonds. The van der Waals surface area contributed by atoms with Crippen molar-refractivity contribution in [2.45, 2.75) is 27.7 Å². The predicted octanol–water partition coefficient (Wildman–Crippen LogP) is 2.28. The molecule has 0 spiro atoms. The zero-order valence-electron chi connectivity index (χ0n) is 13.0. The van der Waals surface area contributed by atoms with Gasteiger partial charge in [0.2, 0.25) is 5.91 Å². The third-order valence-electron chi connectivity index (χ3n) is 2.08. The number of benzene rings is 1. The van der Waals surface area contributed by atoms with Gasteiger partial charge in [-0.25, -0.2) is 0 Å². The number of halogens is 1. The molecule has 0 heterocycles. The third-order valence-corrected chi connectivity index (χ3v) is 2.40. The molecule has 0 bridgehead atoms. The Morgan fingerprint density at radius 2 is 1.81 bits per heavy atom. The molecule has 1 aromatic carbocycles. The number of nitrogens with one attached hydrogen (secondary N) is 2. The zero-order chi connectivity index (χ0) is 16.4. The van der Waals surface area contributed by atoms with Crippen LogP contribution in [0.3, 0.4) is 0 Å². The number of hydrogen-bond acceptors (Lipinski definition) is 2. The van der Waals surface area contributed by atoms with Crippen LogP contribution >= 0.6 is 11.6 Å².